The standard InChI is InChI=1S/C13H13FN2/c14-13(6-11(15)7-13)10-5-9-3-1-2-4-12(9)16-8-10/h1-5,8,11H,6-7,15H2. The molecule has 3 heteroatoms. The van der Waals surface area contributed by atoms with Crippen LogP contribution in [0.25, 0.3) is 10.9 Å². The van der Waals surface area contributed by atoms with E-state index in [0.29, 0.717) is 18.4 Å². The molecule has 0 saturated heterocycles. The van der Waals surface area contributed by atoms with E-state index < -0.39 is 5.67 Å². The third-order valence-corrected chi connectivity index (χ3v) is 3.28. The highest BCUT2D eigenvalue weighted by molar-refractivity contribution is 5.79. The van der Waals surface area contributed by atoms with Crippen LogP contribution in [0.1, 0.15) is 18.4 Å². The van der Waals surface area contributed by atoms with E-state index in [1.807, 2.05) is 30.3 Å². The molecule has 1 fully saturated rings. The molecule has 1 aromatic heterocycles. The second-order valence-corrected chi connectivity index (χ2v) is 4.55. The van der Waals surface area contributed by atoms with Crippen LogP contribution in [0.2, 0.25) is 0 Å². The van der Waals surface area contributed by atoms with Crippen LogP contribution in [-0.2, 0) is 5.67 Å². The minimum absolute atomic E-state index is 0.00327. The van der Waals surface area contributed by atoms with Gasteiger partial charge >= 0.3 is 0 Å². The van der Waals surface area contributed by atoms with Crippen molar-refractivity contribution in [3.05, 3.63) is 42.1 Å². The van der Waals surface area contributed by atoms with Crippen LogP contribution in [0, 0.1) is 0 Å². The van der Waals surface area contributed by atoms with Crippen molar-refractivity contribution in [3.63, 3.8) is 0 Å². The average molecular weight is 216 g/mol. The number of fused-ring (bicyclic) bond motifs is 1. The molecule has 0 atom stereocenters. The van der Waals surface area contributed by atoms with Gasteiger partial charge in [0.15, 0.2) is 0 Å². The lowest BCUT2D eigenvalue weighted by Crippen LogP contribution is -2.46. The van der Waals surface area contributed by atoms with E-state index in [4.69, 9.17) is 5.73 Å². The third-order valence-electron chi connectivity index (χ3n) is 3.28. The first-order valence-electron chi connectivity index (χ1n) is 5.47. The van der Waals surface area contributed by atoms with Gasteiger partial charge in [-0.05, 0) is 12.1 Å². The van der Waals surface area contributed by atoms with Crippen LogP contribution >= 0.6 is 0 Å². The molecule has 2 aromatic rings. The van der Waals surface area contributed by atoms with Crippen molar-refractivity contribution >= 4 is 10.9 Å². The maximum Gasteiger partial charge on any atom is 0.140 e. The second kappa shape index (κ2) is 3.25. The Bertz CT molecular complexity index is 532. The van der Waals surface area contributed by atoms with Crippen molar-refractivity contribution in [1.29, 1.82) is 0 Å². The Morgan fingerprint density at radius 3 is 2.81 bits per heavy atom. The van der Waals surface area contributed by atoms with E-state index in [1.54, 1.807) is 6.20 Å². The third kappa shape index (κ3) is 1.39. The van der Waals surface area contributed by atoms with Gasteiger partial charge in [0.05, 0.1) is 5.52 Å². The van der Waals surface area contributed by atoms with Crippen LogP contribution in [0.15, 0.2) is 36.5 Å². The maximum absolute atomic E-state index is 14.3. The Hall–Kier alpha value is -1.48. The zero-order valence-electron chi connectivity index (χ0n) is 8.86. The second-order valence-electron chi connectivity index (χ2n) is 4.55. The number of nitrogens with two attached hydrogens (primary N) is 1. The molecular weight excluding hydrogens is 203 g/mol. The molecule has 0 unspecified atom stereocenters. The summed E-state index contributed by atoms with van der Waals surface area (Å²) < 4.78 is 14.3. The largest absolute Gasteiger partial charge is 0.327 e. The Balaban J connectivity index is 2.06. The predicted molar refractivity (Wildman–Crippen MR) is 61.7 cm³/mol. The van der Waals surface area contributed by atoms with Crippen molar-refractivity contribution in [2.75, 3.05) is 0 Å². The van der Waals surface area contributed by atoms with Crippen molar-refractivity contribution in [2.45, 2.75) is 24.6 Å². The molecule has 1 saturated carbocycles. The number of para-hydroxylation sites is 1. The quantitative estimate of drug-likeness (QED) is 0.795. The Morgan fingerprint density at radius 1 is 1.31 bits per heavy atom. The number of hydrogen-bond acceptors (Lipinski definition) is 2. The van der Waals surface area contributed by atoms with Gasteiger partial charge in [0.25, 0.3) is 0 Å². The number of hydrogen-bond donors (Lipinski definition) is 1. The van der Waals surface area contributed by atoms with Gasteiger partial charge in [-0.2, -0.15) is 0 Å². The van der Waals surface area contributed by atoms with Gasteiger partial charge in [-0.1, -0.05) is 18.2 Å². The molecule has 0 amide bonds. The molecule has 2 nitrogen and oxygen atoms in total. The lowest BCUT2D eigenvalue weighted by molar-refractivity contribution is 0.0404. The van der Waals surface area contributed by atoms with Crippen LogP contribution in [-0.4, -0.2) is 11.0 Å². The zero-order chi connectivity index (χ0) is 11.2. The molecule has 3 rings (SSSR count). The van der Waals surface area contributed by atoms with E-state index in [-0.39, 0.29) is 6.04 Å². The Kier molecular flexibility index (Phi) is 1.98. The lowest BCUT2D eigenvalue weighted by atomic mass is 9.73. The molecule has 0 bridgehead atoms. The van der Waals surface area contributed by atoms with E-state index >= 15 is 0 Å². The van der Waals surface area contributed by atoms with Gasteiger partial charge in [0, 0.05) is 36.0 Å². The summed E-state index contributed by atoms with van der Waals surface area (Å²) in [7, 11) is 0. The predicted octanol–water partition coefficient (Wildman–Crippen LogP) is 2.52. The molecule has 82 valence electrons. The van der Waals surface area contributed by atoms with Gasteiger partial charge in [-0.3, -0.25) is 4.98 Å². The van der Waals surface area contributed by atoms with Crippen LogP contribution in [0.5, 0.6) is 0 Å². The van der Waals surface area contributed by atoms with Crippen LogP contribution < -0.4 is 5.73 Å². The molecule has 0 spiro atoms. The van der Waals surface area contributed by atoms with E-state index in [2.05, 4.69) is 4.98 Å². The first-order chi connectivity index (χ1) is 7.67. The summed E-state index contributed by atoms with van der Waals surface area (Å²) in [5.41, 5.74) is 5.95. The van der Waals surface area contributed by atoms with Crippen molar-refractivity contribution < 1.29 is 4.39 Å². The summed E-state index contributed by atoms with van der Waals surface area (Å²) in [6.07, 6.45) is 2.45. The number of alkyl halides is 1. The molecule has 0 aliphatic heterocycles. The molecular formula is C13H13FN2. The van der Waals surface area contributed by atoms with Crippen molar-refractivity contribution in [3.8, 4) is 0 Å². The van der Waals surface area contributed by atoms with Crippen molar-refractivity contribution in [1.82, 2.24) is 4.98 Å². The molecule has 1 aromatic carbocycles. The van der Waals surface area contributed by atoms with Crippen LogP contribution in [0.4, 0.5) is 4.39 Å². The average Bonchev–Trinajstić information content (AvgIpc) is 2.26. The number of nitrogens with zero attached hydrogens (tertiary/aromatic N) is 1. The van der Waals surface area contributed by atoms with Gasteiger partial charge in [0.1, 0.15) is 5.67 Å². The summed E-state index contributed by atoms with van der Waals surface area (Å²) in [6, 6.07) is 9.62. The Morgan fingerprint density at radius 2 is 2.06 bits per heavy atom. The first kappa shape index (κ1) is 9.73. The lowest BCUT2D eigenvalue weighted by Gasteiger charge is -2.39. The minimum atomic E-state index is -1.25. The molecule has 2 N–H and O–H groups in total. The number of halogens is 1. The highest BCUT2D eigenvalue weighted by atomic mass is 19.1. The highest BCUT2D eigenvalue weighted by Crippen LogP contribution is 2.44. The fraction of sp³-hybridized carbons (Fsp3) is 0.308. The SMILES string of the molecule is NC1CC(F)(c2cnc3ccccc3c2)C1. The van der Waals surface area contributed by atoms with Gasteiger partial charge in [0.2, 0.25) is 0 Å². The van der Waals surface area contributed by atoms with E-state index in [0.717, 1.165) is 10.9 Å². The number of pyridine rings is 1. The Labute approximate surface area is 93.3 Å². The zero-order valence-corrected chi connectivity index (χ0v) is 8.86. The van der Waals surface area contributed by atoms with Gasteiger partial charge in [-0.15, -0.1) is 0 Å². The normalized spacial score (nSPS) is 29.0. The summed E-state index contributed by atoms with van der Waals surface area (Å²) in [6.45, 7) is 0. The topological polar surface area (TPSA) is 38.9 Å². The maximum atomic E-state index is 14.3. The number of rotatable bonds is 1. The first-order valence-corrected chi connectivity index (χ1v) is 5.47. The number of aromatic nitrogens is 1. The molecule has 1 aliphatic carbocycles. The van der Waals surface area contributed by atoms with E-state index in [9.17, 15) is 4.39 Å². The highest BCUT2D eigenvalue weighted by Gasteiger charge is 2.44. The van der Waals surface area contributed by atoms with Gasteiger partial charge < -0.3 is 5.73 Å². The summed E-state index contributed by atoms with van der Waals surface area (Å²) >= 11 is 0. The smallest absolute Gasteiger partial charge is 0.140 e. The molecule has 16 heavy (non-hydrogen) atoms. The van der Waals surface area contributed by atoms with E-state index in [1.165, 1.54) is 0 Å². The summed E-state index contributed by atoms with van der Waals surface area (Å²) in [5.74, 6) is 0. The molecule has 1 heterocycles. The fourth-order valence-electron chi connectivity index (χ4n) is 2.32. The minimum Gasteiger partial charge on any atom is -0.327 e. The van der Waals surface area contributed by atoms with Crippen molar-refractivity contribution in [2.24, 2.45) is 5.73 Å². The number of benzene rings is 1. The summed E-state index contributed by atoms with van der Waals surface area (Å²) in [5, 5.41) is 0.984. The molecule has 1 aliphatic rings. The monoisotopic (exact) mass is 216 g/mol. The van der Waals surface area contributed by atoms with Crippen LogP contribution in [0.3, 0.4) is 0 Å². The molecule has 0 radical (unpaired) electrons. The summed E-state index contributed by atoms with van der Waals surface area (Å²) in [4.78, 5) is 4.27. The van der Waals surface area contributed by atoms with Gasteiger partial charge in [-0.25, -0.2) is 4.39 Å². The fourth-order valence-corrected chi connectivity index (χ4v) is 2.32.